The summed E-state index contributed by atoms with van der Waals surface area (Å²) in [5, 5.41) is 4.87. The lowest BCUT2D eigenvalue weighted by molar-refractivity contribution is 0.281. The Morgan fingerprint density at radius 2 is 2.00 bits per heavy atom. The van der Waals surface area contributed by atoms with Gasteiger partial charge in [-0.2, -0.15) is 0 Å². The van der Waals surface area contributed by atoms with E-state index in [0.29, 0.717) is 6.04 Å². The van der Waals surface area contributed by atoms with Gasteiger partial charge in [0.05, 0.1) is 0 Å². The van der Waals surface area contributed by atoms with Gasteiger partial charge in [0.25, 0.3) is 0 Å². The van der Waals surface area contributed by atoms with Crippen molar-refractivity contribution in [2.45, 2.75) is 65.5 Å². The zero-order valence-corrected chi connectivity index (χ0v) is 14.0. The fraction of sp³-hybridized carbons (Fsp3) is 0.812. The van der Waals surface area contributed by atoms with Crippen LogP contribution in [0.2, 0.25) is 0 Å². The third kappa shape index (κ3) is 4.19. The number of hydrogen-bond donors (Lipinski definition) is 1. The van der Waals surface area contributed by atoms with E-state index in [-0.39, 0.29) is 0 Å². The van der Waals surface area contributed by atoms with Crippen molar-refractivity contribution in [1.82, 2.24) is 10.3 Å². The van der Waals surface area contributed by atoms with Crippen LogP contribution in [-0.4, -0.2) is 24.1 Å². The molecular weight excluding hydrogens is 266 g/mol. The van der Waals surface area contributed by atoms with Crippen LogP contribution in [0.1, 0.15) is 57.8 Å². The summed E-state index contributed by atoms with van der Waals surface area (Å²) in [6, 6.07) is 0.634. The smallest absolute Gasteiger partial charge is 0.185 e. The molecule has 1 aliphatic carbocycles. The van der Waals surface area contributed by atoms with Gasteiger partial charge in [-0.15, -0.1) is 11.3 Å². The molecule has 0 radical (unpaired) electrons. The number of aromatic nitrogens is 1. The summed E-state index contributed by atoms with van der Waals surface area (Å²) < 4.78 is 0. The maximum Gasteiger partial charge on any atom is 0.185 e. The van der Waals surface area contributed by atoms with Crippen LogP contribution in [0.25, 0.3) is 0 Å². The molecule has 0 saturated heterocycles. The molecule has 2 rings (SSSR count). The summed E-state index contributed by atoms with van der Waals surface area (Å²) in [6.45, 7) is 9.77. The van der Waals surface area contributed by atoms with Crippen molar-refractivity contribution in [1.29, 1.82) is 0 Å². The summed E-state index contributed by atoms with van der Waals surface area (Å²) in [6.07, 6.45) is 9.13. The van der Waals surface area contributed by atoms with Crippen molar-refractivity contribution >= 4 is 16.5 Å². The molecule has 1 aromatic rings. The van der Waals surface area contributed by atoms with Gasteiger partial charge in [0.15, 0.2) is 5.13 Å². The third-order valence-electron chi connectivity index (χ3n) is 4.53. The van der Waals surface area contributed by atoms with Crippen molar-refractivity contribution in [3.05, 3.63) is 11.1 Å². The molecule has 1 unspecified atom stereocenters. The van der Waals surface area contributed by atoms with Gasteiger partial charge in [0, 0.05) is 36.8 Å². The second-order valence-electron chi connectivity index (χ2n) is 5.85. The SMILES string of the molecule is CCN(CC)c1ncc(CNC(C)C2CCCCC2)s1. The van der Waals surface area contributed by atoms with E-state index in [9.17, 15) is 0 Å². The van der Waals surface area contributed by atoms with E-state index in [0.717, 1.165) is 30.7 Å². The Bertz CT molecular complexity index is 381. The monoisotopic (exact) mass is 295 g/mol. The van der Waals surface area contributed by atoms with Crippen LogP contribution in [0.5, 0.6) is 0 Å². The molecule has 1 N–H and O–H groups in total. The summed E-state index contributed by atoms with van der Waals surface area (Å²) in [7, 11) is 0. The van der Waals surface area contributed by atoms with Gasteiger partial charge in [0.1, 0.15) is 0 Å². The first-order valence-electron chi connectivity index (χ1n) is 8.17. The molecule has 1 saturated carbocycles. The zero-order chi connectivity index (χ0) is 14.4. The average Bonchev–Trinajstić information content (AvgIpc) is 2.96. The highest BCUT2D eigenvalue weighted by atomic mass is 32.1. The van der Waals surface area contributed by atoms with E-state index >= 15 is 0 Å². The minimum absolute atomic E-state index is 0.634. The van der Waals surface area contributed by atoms with Crippen LogP contribution in [0, 0.1) is 5.92 Å². The molecule has 1 atom stereocenters. The summed E-state index contributed by atoms with van der Waals surface area (Å²) in [5.74, 6) is 0.874. The van der Waals surface area contributed by atoms with E-state index in [1.165, 1.54) is 37.0 Å². The lowest BCUT2D eigenvalue weighted by Crippen LogP contribution is -2.34. The molecule has 0 aromatic carbocycles. The number of anilines is 1. The van der Waals surface area contributed by atoms with Crippen LogP contribution >= 0.6 is 11.3 Å². The molecule has 3 nitrogen and oxygen atoms in total. The molecule has 0 bridgehead atoms. The number of rotatable bonds is 7. The highest BCUT2D eigenvalue weighted by Gasteiger charge is 2.19. The second-order valence-corrected chi connectivity index (χ2v) is 6.94. The fourth-order valence-corrected chi connectivity index (χ4v) is 4.07. The molecule has 1 fully saturated rings. The number of nitrogens with zero attached hydrogens (tertiary/aromatic N) is 2. The average molecular weight is 295 g/mol. The van der Waals surface area contributed by atoms with Crippen LogP contribution in [0.15, 0.2) is 6.20 Å². The van der Waals surface area contributed by atoms with Gasteiger partial charge in [-0.25, -0.2) is 4.98 Å². The Balaban J connectivity index is 1.81. The first-order chi connectivity index (χ1) is 9.74. The van der Waals surface area contributed by atoms with Gasteiger partial charge in [-0.3, -0.25) is 0 Å². The van der Waals surface area contributed by atoms with Gasteiger partial charge in [-0.1, -0.05) is 19.3 Å². The van der Waals surface area contributed by atoms with Gasteiger partial charge < -0.3 is 10.2 Å². The van der Waals surface area contributed by atoms with Crippen LogP contribution < -0.4 is 10.2 Å². The van der Waals surface area contributed by atoms with Crippen molar-refractivity contribution in [2.24, 2.45) is 5.92 Å². The van der Waals surface area contributed by atoms with E-state index in [1.54, 1.807) is 0 Å². The van der Waals surface area contributed by atoms with Crippen molar-refractivity contribution in [2.75, 3.05) is 18.0 Å². The predicted molar refractivity (Wildman–Crippen MR) is 88.6 cm³/mol. The highest BCUT2D eigenvalue weighted by molar-refractivity contribution is 7.15. The standard InChI is InChI=1S/C16H29N3S/c1-4-19(5-2)16-18-12-15(20-16)11-17-13(3)14-9-7-6-8-10-14/h12-14,17H,4-11H2,1-3H3. The molecule has 1 aliphatic rings. The highest BCUT2D eigenvalue weighted by Crippen LogP contribution is 2.27. The lowest BCUT2D eigenvalue weighted by atomic mass is 9.84. The molecule has 114 valence electrons. The molecule has 0 spiro atoms. The van der Waals surface area contributed by atoms with Crippen molar-refractivity contribution in [3.63, 3.8) is 0 Å². The molecule has 20 heavy (non-hydrogen) atoms. The molecule has 0 aliphatic heterocycles. The van der Waals surface area contributed by atoms with E-state index in [4.69, 9.17) is 0 Å². The first kappa shape index (κ1) is 15.8. The zero-order valence-electron chi connectivity index (χ0n) is 13.2. The van der Waals surface area contributed by atoms with E-state index in [1.807, 2.05) is 17.5 Å². The van der Waals surface area contributed by atoms with E-state index < -0.39 is 0 Å². The minimum atomic E-state index is 0.634. The third-order valence-corrected chi connectivity index (χ3v) is 5.59. The van der Waals surface area contributed by atoms with Crippen LogP contribution in [0.3, 0.4) is 0 Å². The van der Waals surface area contributed by atoms with Gasteiger partial charge in [-0.05, 0) is 39.5 Å². The van der Waals surface area contributed by atoms with Crippen LogP contribution in [-0.2, 0) is 6.54 Å². The summed E-state index contributed by atoms with van der Waals surface area (Å²) in [5.41, 5.74) is 0. The maximum atomic E-state index is 4.55. The van der Waals surface area contributed by atoms with Crippen LogP contribution in [0.4, 0.5) is 5.13 Å². The number of hydrogen-bond acceptors (Lipinski definition) is 4. The van der Waals surface area contributed by atoms with E-state index in [2.05, 4.69) is 36.0 Å². The molecule has 0 amide bonds. The predicted octanol–water partition coefficient (Wildman–Crippen LogP) is 4.05. The van der Waals surface area contributed by atoms with Gasteiger partial charge >= 0.3 is 0 Å². The minimum Gasteiger partial charge on any atom is -0.349 e. The Morgan fingerprint density at radius 3 is 2.65 bits per heavy atom. The lowest BCUT2D eigenvalue weighted by Gasteiger charge is -2.28. The van der Waals surface area contributed by atoms with Crippen molar-refractivity contribution in [3.8, 4) is 0 Å². The van der Waals surface area contributed by atoms with Gasteiger partial charge in [0.2, 0.25) is 0 Å². The topological polar surface area (TPSA) is 28.2 Å². The Kier molecular flexibility index (Phi) is 6.30. The largest absolute Gasteiger partial charge is 0.349 e. The molecular formula is C16H29N3S. The first-order valence-corrected chi connectivity index (χ1v) is 8.99. The number of nitrogens with one attached hydrogen (secondary N) is 1. The fourth-order valence-electron chi connectivity index (χ4n) is 3.08. The quantitative estimate of drug-likeness (QED) is 0.822. The summed E-state index contributed by atoms with van der Waals surface area (Å²) >= 11 is 1.83. The second kappa shape index (κ2) is 7.99. The Morgan fingerprint density at radius 1 is 1.30 bits per heavy atom. The molecule has 1 aromatic heterocycles. The summed E-state index contributed by atoms with van der Waals surface area (Å²) in [4.78, 5) is 8.23. The Labute approximate surface area is 127 Å². The maximum absolute atomic E-state index is 4.55. The molecule has 4 heteroatoms. The Hall–Kier alpha value is -0.610. The number of thiazole rings is 1. The normalized spacial score (nSPS) is 18.1. The molecule has 1 heterocycles. The van der Waals surface area contributed by atoms with Crippen molar-refractivity contribution < 1.29 is 0 Å².